The van der Waals surface area contributed by atoms with Gasteiger partial charge in [0.15, 0.2) is 12.4 Å². The van der Waals surface area contributed by atoms with E-state index in [9.17, 15) is 13.2 Å². The predicted octanol–water partition coefficient (Wildman–Crippen LogP) is 5.00. The van der Waals surface area contributed by atoms with E-state index in [4.69, 9.17) is 20.1 Å². The molecule has 0 aromatic carbocycles. The van der Waals surface area contributed by atoms with Gasteiger partial charge in [0, 0.05) is 18.5 Å². The number of nitrogens with zero attached hydrogens (tertiary/aromatic N) is 2. The van der Waals surface area contributed by atoms with Gasteiger partial charge in [0.05, 0.1) is 5.70 Å². The molecule has 0 unspecified atom stereocenters. The van der Waals surface area contributed by atoms with Crippen molar-refractivity contribution in [2.45, 2.75) is 39.3 Å². The van der Waals surface area contributed by atoms with Crippen LogP contribution in [0.1, 0.15) is 33.1 Å². The largest absolute Gasteiger partial charge is 0.478 e. The van der Waals surface area contributed by atoms with Crippen molar-refractivity contribution in [2.24, 2.45) is 11.8 Å². The Kier molecular flexibility index (Phi) is 10.1. The van der Waals surface area contributed by atoms with E-state index < -0.39 is 12.8 Å². The minimum atomic E-state index is -4.44. The monoisotopic (exact) mass is 471 g/mol. The van der Waals surface area contributed by atoms with Gasteiger partial charge in [-0.05, 0) is 74.3 Å². The number of thioether (sulfide) groups is 1. The molecule has 0 radical (unpaired) electrons. The van der Waals surface area contributed by atoms with E-state index in [0.717, 1.165) is 24.0 Å². The zero-order valence-corrected chi connectivity index (χ0v) is 18.9. The Bertz CT molecular complexity index is 850. The molecule has 3 rings (SSSR count). The van der Waals surface area contributed by atoms with Gasteiger partial charge in [-0.3, -0.25) is 5.01 Å². The lowest BCUT2D eigenvalue weighted by atomic mass is 9.93. The zero-order chi connectivity index (χ0) is 23.6. The van der Waals surface area contributed by atoms with E-state index in [1.54, 1.807) is 18.4 Å². The molecule has 176 valence electrons. The number of rotatable bonds is 6. The Balaban J connectivity index is 0.00000114. The maximum Gasteiger partial charge on any atom is 0.422 e. The van der Waals surface area contributed by atoms with Crippen LogP contribution >= 0.6 is 11.8 Å². The van der Waals surface area contributed by atoms with Crippen molar-refractivity contribution in [3.63, 3.8) is 0 Å². The maximum absolute atomic E-state index is 12.5. The van der Waals surface area contributed by atoms with E-state index >= 15 is 0 Å². The van der Waals surface area contributed by atoms with E-state index in [2.05, 4.69) is 4.98 Å². The van der Waals surface area contributed by atoms with Crippen LogP contribution in [-0.2, 0) is 4.79 Å². The lowest BCUT2D eigenvalue weighted by molar-refractivity contribution is -0.153. The van der Waals surface area contributed by atoms with Crippen molar-refractivity contribution in [1.29, 1.82) is 0 Å². The fourth-order valence-electron chi connectivity index (χ4n) is 3.22. The van der Waals surface area contributed by atoms with E-state index in [1.165, 1.54) is 54.6 Å². The van der Waals surface area contributed by atoms with Gasteiger partial charge in [0.2, 0.25) is 0 Å². The Labute approximate surface area is 190 Å². The number of ether oxygens (including phenoxy) is 2. The summed E-state index contributed by atoms with van der Waals surface area (Å²) < 4.78 is 48.0. The molecule has 1 saturated heterocycles. The third-order valence-electron chi connectivity index (χ3n) is 4.67. The van der Waals surface area contributed by atoms with Crippen molar-refractivity contribution in [3.05, 3.63) is 53.7 Å². The quantitative estimate of drug-likeness (QED) is 0.462. The second-order valence-corrected chi connectivity index (χ2v) is 8.47. The average molecular weight is 472 g/mol. The molecule has 0 aliphatic carbocycles. The molecule has 10 heteroatoms. The van der Waals surface area contributed by atoms with Gasteiger partial charge in [-0.2, -0.15) is 24.9 Å². The Hall–Kier alpha value is -2.46. The molecule has 0 saturated carbocycles. The first-order valence-corrected chi connectivity index (χ1v) is 11.3. The number of hydrogen-bond acceptors (Lipinski definition) is 7. The SMILES string of the molecule is C/C(CC1CCSCC1)=C1\C=C(Oc2ncccc2OCC(F)(F)F)C=CN1N.CC=O. The summed E-state index contributed by atoms with van der Waals surface area (Å²) in [4.78, 5) is 12.8. The first-order chi connectivity index (χ1) is 15.2. The minimum absolute atomic E-state index is 0.0283. The molecule has 6 nitrogen and oxygen atoms in total. The van der Waals surface area contributed by atoms with Crippen LogP contribution in [0.15, 0.2) is 53.7 Å². The number of hydrogen-bond donors (Lipinski definition) is 1. The lowest BCUT2D eigenvalue weighted by Crippen LogP contribution is -2.27. The van der Waals surface area contributed by atoms with Crippen LogP contribution in [0.2, 0.25) is 0 Å². The van der Waals surface area contributed by atoms with Gasteiger partial charge in [-0.25, -0.2) is 10.8 Å². The Morgan fingerprint density at radius 2 is 2.06 bits per heavy atom. The van der Waals surface area contributed by atoms with Gasteiger partial charge >= 0.3 is 6.18 Å². The fourth-order valence-corrected chi connectivity index (χ4v) is 4.42. The third kappa shape index (κ3) is 8.58. The number of pyridine rings is 1. The van der Waals surface area contributed by atoms with Crippen molar-refractivity contribution < 1.29 is 27.4 Å². The first-order valence-electron chi connectivity index (χ1n) is 10.2. The van der Waals surface area contributed by atoms with Gasteiger partial charge in [-0.15, -0.1) is 0 Å². The molecule has 0 bridgehead atoms. The zero-order valence-electron chi connectivity index (χ0n) is 18.1. The summed E-state index contributed by atoms with van der Waals surface area (Å²) in [5.74, 6) is 9.42. The molecule has 2 aliphatic heterocycles. The number of allylic oxidation sites excluding steroid dienone is 3. The maximum atomic E-state index is 12.5. The lowest BCUT2D eigenvalue weighted by Gasteiger charge is -2.26. The van der Waals surface area contributed by atoms with Crippen LogP contribution in [0, 0.1) is 5.92 Å². The number of alkyl halides is 3. The van der Waals surface area contributed by atoms with Crippen LogP contribution in [0.3, 0.4) is 0 Å². The van der Waals surface area contributed by atoms with Crippen molar-refractivity contribution in [3.8, 4) is 11.6 Å². The van der Waals surface area contributed by atoms with E-state index in [0.29, 0.717) is 11.7 Å². The normalized spacial score (nSPS) is 18.3. The summed E-state index contributed by atoms with van der Waals surface area (Å²) in [5.41, 5.74) is 1.96. The Morgan fingerprint density at radius 3 is 2.72 bits per heavy atom. The molecule has 1 aromatic rings. The summed E-state index contributed by atoms with van der Waals surface area (Å²) >= 11 is 1.99. The first kappa shape index (κ1) is 25.8. The highest BCUT2D eigenvalue weighted by atomic mass is 32.2. The number of nitrogens with two attached hydrogens (primary N) is 1. The van der Waals surface area contributed by atoms with Gasteiger partial charge in [0.1, 0.15) is 12.0 Å². The molecule has 1 aromatic heterocycles. The number of halogens is 3. The molecule has 2 aliphatic rings. The molecule has 32 heavy (non-hydrogen) atoms. The molecular formula is C22H28F3N3O3S. The van der Waals surface area contributed by atoms with Gasteiger partial charge in [0.25, 0.3) is 5.88 Å². The standard InChI is InChI=1S/C20H24F3N3O2S.C2H4O/c1-14(11-15-5-9-29-10-6-15)17-12-16(4-8-26(17)24)28-19-18(3-2-7-25-19)27-13-20(21,22)23;1-2-3/h2-4,7-8,12,15H,5-6,9-11,13,24H2,1H3;2H,1H3/b17-14-;. The highest BCUT2D eigenvalue weighted by Gasteiger charge is 2.29. The molecule has 0 atom stereocenters. The molecule has 0 spiro atoms. The fraction of sp³-hybridized carbons (Fsp3) is 0.455. The second-order valence-electron chi connectivity index (χ2n) is 7.24. The highest BCUT2D eigenvalue weighted by molar-refractivity contribution is 7.99. The van der Waals surface area contributed by atoms with Crippen LogP contribution in [0.5, 0.6) is 11.6 Å². The second kappa shape index (κ2) is 12.5. The predicted molar refractivity (Wildman–Crippen MR) is 119 cm³/mol. The number of carbonyl (C=O) groups excluding carboxylic acids is 1. The molecular weight excluding hydrogens is 443 g/mol. The highest BCUT2D eigenvalue weighted by Crippen LogP contribution is 2.32. The molecule has 2 N–H and O–H groups in total. The van der Waals surface area contributed by atoms with Crippen molar-refractivity contribution >= 4 is 18.0 Å². The van der Waals surface area contributed by atoms with Gasteiger partial charge in [-0.1, -0.05) is 0 Å². The smallest absolute Gasteiger partial charge is 0.422 e. The number of carbonyl (C=O) groups is 1. The van der Waals surface area contributed by atoms with Crippen LogP contribution in [0.4, 0.5) is 13.2 Å². The summed E-state index contributed by atoms with van der Waals surface area (Å²) in [7, 11) is 0. The van der Waals surface area contributed by atoms with Crippen molar-refractivity contribution in [2.75, 3.05) is 18.1 Å². The number of hydrazine groups is 1. The summed E-state index contributed by atoms with van der Waals surface area (Å²) in [6.45, 7) is 2.08. The summed E-state index contributed by atoms with van der Waals surface area (Å²) in [5, 5.41) is 1.53. The number of aromatic nitrogens is 1. The third-order valence-corrected chi connectivity index (χ3v) is 5.72. The minimum Gasteiger partial charge on any atom is -0.478 e. The average Bonchev–Trinajstić information content (AvgIpc) is 2.75. The summed E-state index contributed by atoms with van der Waals surface area (Å²) in [6.07, 6.45) is 6.14. The van der Waals surface area contributed by atoms with Crippen LogP contribution < -0.4 is 15.3 Å². The Morgan fingerprint density at radius 1 is 1.38 bits per heavy atom. The molecule has 1 fully saturated rings. The van der Waals surface area contributed by atoms with Crippen LogP contribution in [0.25, 0.3) is 0 Å². The molecule has 0 amide bonds. The van der Waals surface area contributed by atoms with Crippen molar-refractivity contribution in [1.82, 2.24) is 9.99 Å². The number of aldehydes is 1. The van der Waals surface area contributed by atoms with Gasteiger partial charge < -0.3 is 14.3 Å². The van der Waals surface area contributed by atoms with E-state index in [-0.39, 0.29) is 11.6 Å². The van der Waals surface area contributed by atoms with Crippen LogP contribution in [-0.4, -0.2) is 40.6 Å². The summed E-state index contributed by atoms with van der Waals surface area (Å²) in [6, 6.07) is 2.88. The molecule has 3 heterocycles. The van der Waals surface area contributed by atoms with E-state index in [1.807, 2.05) is 18.7 Å². The topological polar surface area (TPSA) is 77.7 Å².